The summed E-state index contributed by atoms with van der Waals surface area (Å²) in [4.78, 5) is 3.83. The van der Waals surface area contributed by atoms with Crippen molar-refractivity contribution in [3.63, 3.8) is 0 Å². The Kier molecular flexibility index (Phi) is 3.36. The molecule has 0 spiro atoms. The summed E-state index contributed by atoms with van der Waals surface area (Å²) in [5, 5.41) is 0.454. The third-order valence-corrected chi connectivity index (χ3v) is 2.55. The fraction of sp³-hybridized carbons (Fsp3) is 0. The second-order valence-electron chi connectivity index (χ2n) is 3.22. The first-order valence-electron chi connectivity index (χ1n) is 4.60. The molecule has 6 heteroatoms. The molecule has 88 valence electrons. The molecule has 2 rings (SSSR count). The number of nitrogens with two attached hydrogens (primary N) is 1. The standard InChI is InChI=1S/C11H7Cl2FN2O/c12-7-3-6(14)1-2-9(7)17-10-5-16-11(15)4-8(10)13/h1-5H,(H2,15,16). The van der Waals surface area contributed by atoms with Gasteiger partial charge in [0.05, 0.1) is 16.2 Å². The van der Waals surface area contributed by atoms with Gasteiger partial charge < -0.3 is 10.5 Å². The Hall–Kier alpha value is -1.52. The smallest absolute Gasteiger partial charge is 0.164 e. The summed E-state index contributed by atoms with van der Waals surface area (Å²) in [6.45, 7) is 0. The van der Waals surface area contributed by atoms with Crippen molar-refractivity contribution in [3.05, 3.63) is 46.3 Å². The van der Waals surface area contributed by atoms with Gasteiger partial charge in [-0.2, -0.15) is 0 Å². The third kappa shape index (κ3) is 2.78. The van der Waals surface area contributed by atoms with Crippen LogP contribution in [0.15, 0.2) is 30.5 Å². The zero-order valence-corrected chi connectivity index (χ0v) is 9.97. The number of ether oxygens (including phenoxy) is 1. The van der Waals surface area contributed by atoms with Crippen molar-refractivity contribution in [2.75, 3.05) is 5.73 Å². The van der Waals surface area contributed by atoms with E-state index in [0.717, 1.165) is 6.07 Å². The molecule has 1 aromatic heterocycles. The van der Waals surface area contributed by atoms with Crippen LogP contribution in [-0.4, -0.2) is 4.98 Å². The van der Waals surface area contributed by atoms with Gasteiger partial charge in [-0.15, -0.1) is 0 Å². The van der Waals surface area contributed by atoms with E-state index in [1.165, 1.54) is 24.4 Å². The summed E-state index contributed by atoms with van der Waals surface area (Å²) >= 11 is 11.7. The Bertz CT molecular complexity index is 514. The van der Waals surface area contributed by atoms with E-state index in [-0.39, 0.29) is 10.8 Å². The molecule has 0 bridgehead atoms. The van der Waals surface area contributed by atoms with Crippen LogP contribution in [0.1, 0.15) is 0 Å². The Morgan fingerprint density at radius 2 is 1.82 bits per heavy atom. The van der Waals surface area contributed by atoms with Crippen LogP contribution < -0.4 is 10.5 Å². The van der Waals surface area contributed by atoms with E-state index in [4.69, 9.17) is 33.7 Å². The number of benzene rings is 1. The van der Waals surface area contributed by atoms with Crippen LogP contribution in [0.4, 0.5) is 10.2 Å². The molecule has 0 fully saturated rings. The van der Waals surface area contributed by atoms with Gasteiger partial charge in [0.15, 0.2) is 5.75 Å². The number of hydrogen-bond acceptors (Lipinski definition) is 3. The van der Waals surface area contributed by atoms with E-state index in [0.29, 0.717) is 16.5 Å². The second-order valence-corrected chi connectivity index (χ2v) is 4.03. The largest absolute Gasteiger partial charge is 0.453 e. The van der Waals surface area contributed by atoms with Gasteiger partial charge >= 0.3 is 0 Å². The van der Waals surface area contributed by atoms with E-state index < -0.39 is 5.82 Å². The van der Waals surface area contributed by atoms with E-state index in [1.807, 2.05) is 0 Å². The predicted octanol–water partition coefficient (Wildman–Crippen LogP) is 3.90. The van der Waals surface area contributed by atoms with Crippen LogP contribution in [-0.2, 0) is 0 Å². The molecule has 0 amide bonds. The lowest BCUT2D eigenvalue weighted by molar-refractivity contribution is 0.479. The first kappa shape index (κ1) is 12.0. The minimum absolute atomic E-state index is 0.151. The summed E-state index contributed by atoms with van der Waals surface area (Å²) < 4.78 is 18.2. The SMILES string of the molecule is Nc1cc(Cl)c(Oc2ccc(F)cc2Cl)cn1. The number of rotatable bonds is 2. The highest BCUT2D eigenvalue weighted by atomic mass is 35.5. The van der Waals surface area contributed by atoms with E-state index in [9.17, 15) is 4.39 Å². The van der Waals surface area contributed by atoms with Crippen molar-refractivity contribution >= 4 is 29.0 Å². The Balaban J connectivity index is 2.31. The van der Waals surface area contributed by atoms with Gasteiger partial charge in [0.2, 0.25) is 0 Å². The summed E-state index contributed by atoms with van der Waals surface area (Å²) in [6, 6.07) is 5.24. The van der Waals surface area contributed by atoms with Gasteiger partial charge in [-0.25, -0.2) is 9.37 Å². The van der Waals surface area contributed by atoms with E-state index >= 15 is 0 Å². The van der Waals surface area contributed by atoms with Crippen LogP contribution in [0.3, 0.4) is 0 Å². The molecule has 2 N–H and O–H groups in total. The lowest BCUT2D eigenvalue weighted by Gasteiger charge is -2.08. The number of pyridine rings is 1. The van der Waals surface area contributed by atoms with Crippen LogP contribution in [0.5, 0.6) is 11.5 Å². The van der Waals surface area contributed by atoms with Gasteiger partial charge in [0.25, 0.3) is 0 Å². The number of halogens is 3. The number of nitrogen functional groups attached to an aromatic ring is 1. The van der Waals surface area contributed by atoms with Gasteiger partial charge in [-0.1, -0.05) is 23.2 Å². The average Bonchev–Trinajstić information content (AvgIpc) is 2.25. The molecule has 0 atom stereocenters. The molecule has 0 aliphatic heterocycles. The molecule has 2 aromatic rings. The average molecular weight is 273 g/mol. The van der Waals surface area contributed by atoms with Crippen molar-refractivity contribution in [3.8, 4) is 11.5 Å². The third-order valence-electron chi connectivity index (χ3n) is 1.95. The normalized spacial score (nSPS) is 10.3. The van der Waals surface area contributed by atoms with Gasteiger partial charge in [0.1, 0.15) is 17.4 Å². The highest BCUT2D eigenvalue weighted by Gasteiger charge is 2.08. The summed E-state index contributed by atoms with van der Waals surface area (Å²) in [7, 11) is 0. The van der Waals surface area contributed by atoms with Crippen LogP contribution in [0, 0.1) is 5.82 Å². The zero-order valence-electron chi connectivity index (χ0n) is 8.45. The van der Waals surface area contributed by atoms with Crippen molar-refractivity contribution < 1.29 is 9.13 Å². The highest BCUT2D eigenvalue weighted by Crippen LogP contribution is 2.33. The first-order valence-corrected chi connectivity index (χ1v) is 5.36. The number of anilines is 1. The molecule has 3 nitrogen and oxygen atoms in total. The van der Waals surface area contributed by atoms with E-state index in [2.05, 4.69) is 4.98 Å². The second kappa shape index (κ2) is 4.77. The minimum atomic E-state index is -0.441. The van der Waals surface area contributed by atoms with Gasteiger partial charge in [-0.05, 0) is 18.2 Å². The number of aromatic nitrogens is 1. The number of nitrogens with zero attached hydrogens (tertiary/aromatic N) is 1. The molecule has 0 saturated heterocycles. The lowest BCUT2D eigenvalue weighted by atomic mass is 10.3. The van der Waals surface area contributed by atoms with Crippen LogP contribution >= 0.6 is 23.2 Å². The molecular formula is C11H7Cl2FN2O. The Morgan fingerprint density at radius 1 is 1.12 bits per heavy atom. The molecule has 0 aliphatic carbocycles. The fourth-order valence-corrected chi connectivity index (χ4v) is 1.59. The van der Waals surface area contributed by atoms with Gasteiger partial charge in [-0.3, -0.25) is 0 Å². The van der Waals surface area contributed by atoms with Crippen LogP contribution in [0.25, 0.3) is 0 Å². The van der Waals surface area contributed by atoms with Crippen molar-refractivity contribution in [1.82, 2.24) is 4.98 Å². The number of hydrogen-bond donors (Lipinski definition) is 1. The highest BCUT2D eigenvalue weighted by molar-refractivity contribution is 6.33. The molecule has 1 heterocycles. The monoisotopic (exact) mass is 272 g/mol. The van der Waals surface area contributed by atoms with Gasteiger partial charge in [0, 0.05) is 6.07 Å². The summed E-state index contributed by atoms with van der Waals surface area (Å²) in [5.41, 5.74) is 5.44. The maximum Gasteiger partial charge on any atom is 0.164 e. The van der Waals surface area contributed by atoms with Crippen LogP contribution in [0.2, 0.25) is 10.0 Å². The molecule has 1 aromatic carbocycles. The predicted molar refractivity (Wildman–Crippen MR) is 65.1 cm³/mol. The van der Waals surface area contributed by atoms with Crippen molar-refractivity contribution in [2.24, 2.45) is 0 Å². The maximum absolute atomic E-state index is 12.8. The summed E-state index contributed by atoms with van der Waals surface area (Å²) in [5.74, 6) is 0.437. The topological polar surface area (TPSA) is 48.1 Å². The molecule has 0 saturated carbocycles. The minimum Gasteiger partial charge on any atom is -0.453 e. The lowest BCUT2D eigenvalue weighted by Crippen LogP contribution is -1.92. The Labute approximate surface area is 107 Å². The molecule has 17 heavy (non-hydrogen) atoms. The molecular weight excluding hydrogens is 266 g/mol. The first-order chi connectivity index (χ1) is 8.06. The maximum atomic E-state index is 12.8. The Morgan fingerprint density at radius 3 is 2.47 bits per heavy atom. The quantitative estimate of drug-likeness (QED) is 0.902. The molecule has 0 aliphatic rings. The summed E-state index contributed by atoms with van der Waals surface area (Å²) in [6.07, 6.45) is 1.37. The van der Waals surface area contributed by atoms with Crippen molar-refractivity contribution in [1.29, 1.82) is 0 Å². The molecule has 0 unspecified atom stereocenters. The van der Waals surface area contributed by atoms with Crippen molar-refractivity contribution in [2.45, 2.75) is 0 Å². The fourth-order valence-electron chi connectivity index (χ4n) is 1.18. The van der Waals surface area contributed by atoms with E-state index in [1.54, 1.807) is 0 Å². The zero-order chi connectivity index (χ0) is 12.4. The molecule has 0 radical (unpaired) electrons.